The van der Waals surface area contributed by atoms with Crippen molar-refractivity contribution >= 4 is 29.1 Å². The minimum Gasteiger partial charge on any atom is -0.476 e. The fourth-order valence-corrected chi connectivity index (χ4v) is 4.40. The molecule has 0 spiro atoms. The lowest BCUT2D eigenvalue weighted by Crippen LogP contribution is -2.54. The maximum atomic E-state index is 13.4. The van der Waals surface area contributed by atoms with Gasteiger partial charge in [-0.05, 0) is 42.8 Å². The molecule has 0 bridgehead atoms. The zero-order valence-electron chi connectivity index (χ0n) is 17.7. The maximum absolute atomic E-state index is 13.4. The Labute approximate surface area is 186 Å². The van der Waals surface area contributed by atoms with Crippen LogP contribution in [0.15, 0.2) is 48.5 Å². The molecule has 1 atom stereocenters. The molecule has 0 aliphatic carbocycles. The average Bonchev–Trinajstić information content (AvgIpc) is 3.29. The van der Waals surface area contributed by atoms with Gasteiger partial charge in [-0.25, -0.2) is 0 Å². The Balaban J connectivity index is 1.39. The number of hydrogen-bond acceptors (Lipinski definition) is 5. The van der Waals surface area contributed by atoms with Gasteiger partial charge in [-0.3, -0.25) is 14.4 Å². The summed E-state index contributed by atoms with van der Waals surface area (Å²) in [6.07, 6.45) is 0.639. The number of benzene rings is 2. The van der Waals surface area contributed by atoms with Gasteiger partial charge in [0, 0.05) is 37.3 Å². The fraction of sp³-hybridized carbons (Fsp3) is 0.375. The monoisotopic (exact) mass is 435 g/mol. The molecule has 0 saturated carbocycles. The van der Waals surface area contributed by atoms with Gasteiger partial charge in [-0.2, -0.15) is 0 Å². The van der Waals surface area contributed by atoms with Gasteiger partial charge in [0.15, 0.2) is 6.10 Å². The van der Waals surface area contributed by atoms with Gasteiger partial charge in [-0.1, -0.05) is 12.1 Å². The first-order valence-electron chi connectivity index (χ1n) is 11.0. The minimum absolute atomic E-state index is 0.107. The summed E-state index contributed by atoms with van der Waals surface area (Å²) in [4.78, 5) is 43.6. The molecule has 2 aromatic carbocycles. The number of ether oxygens (including phenoxy) is 2. The average molecular weight is 435 g/mol. The molecule has 0 N–H and O–H groups in total. The number of anilines is 2. The molecule has 8 heteroatoms. The number of carbonyl (C=O) groups is 3. The summed E-state index contributed by atoms with van der Waals surface area (Å²) >= 11 is 0. The lowest BCUT2D eigenvalue weighted by Gasteiger charge is -2.37. The summed E-state index contributed by atoms with van der Waals surface area (Å²) in [5, 5.41) is 0. The largest absolute Gasteiger partial charge is 0.476 e. The molecule has 2 saturated heterocycles. The van der Waals surface area contributed by atoms with Gasteiger partial charge in [0.05, 0.1) is 25.4 Å². The molecule has 32 heavy (non-hydrogen) atoms. The van der Waals surface area contributed by atoms with Crippen LogP contribution in [0.3, 0.4) is 0 Å². The summed E-state index contributed by atoms with van der Waals surface area (Å²) in [6, 6.07) is 14.3. The second-order valence-electron chi connectivity index (χ2n) is 8.12. The summed E-state index contributed by atoms with van der Waals surface area (Å²) in [7, 11) is 0. The number of rotatable bonds is 3. The van der Waals surface area contributed by atoms with E-state index in [9.17, 15) is 14.4 Å². The van der Waals surface area contributed by atoms with E-state index in [1.807, 2.05) is 18.2 Å². The standard InChI is InChI=1S/C24H25N3O5/c28-22-6-3-11-26(22)18-9-7-17(8-10-18)23(29)27-16-21(24(30)25-12-14-31-15-13-25)32-20-5-2-1-4-19(20)27/h1-2,4-5,7-10,21H,3,6,11-16H2/t21-/m1/s1. The highest BCUT2D eigenvalue weighted by Gasteiger charge is 2.36. The molecule has 2 fully saturated rings. The quantitative estimate of drug-likeness (QED) is 0.738. The molecule has 2 aromatic rings. The number of fused-ring (bicyclic) bond motifs is 1. The van der Waals surface area contributed by atoms with Gasteiger partial charge >= 0.3 is 0 Å². The van der Waals surface area contributed by atoms with E-state index in [4.69, 9.17) is 9.47 Å². The van der Waals surface area contributed by atoms with E-state index in [-0.39, 0.29) is 24.3 Å². The SMILES string of the molecule is O=C([C@H]1CN(C(=O)c2ccc(N3CCCC3=O)cc2)c2ccccc2O1)N1CCOCC1. The van der Waals surface area contributed by atoms with Gasteiger partial charge < -0.3 is 24.2 Å². The van der Waals surface area contributed by atoms with Crippen molar-refractivity contribution in [3.05, 3.63) is 54.1 Å². The number of nitrogens with zero attached hydrogens (tertiary/aromatic N) is 3. The van der Waals surface area contributed by atoms with E-state index in [0.29, 0.717) is 56.3 Å². The Morgan fingerprint density at radius 3 is 2.41 bits per heavy atom. The summed E-state index contributed by atoms with van der Waals surface area (Å²) < 4.78 is 11.3. The molecule has 0 radical (unpaired) electrons. The summed E-state index contributed by atoms with van der Waals surface area (Å²) in [6.45, 7) is 2.88. The van der Waals surface area contributed by atoms with E-state index in [0.717, 1.165) is 12.1 Å². The Bertz CT molecular complexity index is 1030. The predicted molar refractivity (Wildman–Crippen MR) is 118 cm³/mol. The fourth-order valence-electron chi connectivity index (χ4n) is 4.40. The molecule has 8 nitrogen and oxygen atoms in total. The molecule has 3 aliphatic heterocycles. The number of para-hydroxylation sites is 2. The first kappa shape index (κ1) is 20.5. The first-order chi connectivity index (χ1) is 15.6. The van der Waals surface area contributed by atoms with Crippen LogP contribution in [0.4, 0.5) is 11.4 Å². The van der Waals surface area contributed by atoms with Crippen molar-refractivity contribution in [2.75, 3.05) is 49.2 Å². The van der Waals surface area contributed by atoms with E-state index in [1.165, 1.54) is 0 Å². The molecule has 0 unspecified atom stereocenters. The second kappa shape index (κ2) is 8.63. The molecule has 5 rings (SSSR count). The van der Waals surface area contributed by atoms with Crippen LogP contribution in [0.25, 0.3) is 0 Å². The molecule has 3 aliphatic rings. The van der Waals surface area contributed by atoms with Crippen molar-refractivity contribution in [2.24, 2.45) is 0 Å². The molecule has 166 valence electrons. The van der Waals surface area contributed by atoms with Crippen LogP contribution < -0.4 is 14.5 Å². The third-order valence-corrected chi connectivity index (χ3v) is 6.12. The number of amides is 3. The minimum atomic E-state index is -0.770. The maximum Gasteiger partial charge on any atom is 0.265 e. The van der Waals surface area contributed by atoms with Gasteiger partial charge in [0.25, 0.3) is 11.8 Å². The number of carbonyl (C=O) groups excluding carboxylic acids is 3. The second-order valence-corrected chi connectivity index (χ2v) is 8.12. The Morgan fingerprint density at radius 2 is 1.69 bits per heavy atom. The molecule has 3 amide bonds. The van der Waals surface area contributed by atoms with Crippen LogP contribution in [0.1, 0.15) is 23.2 Å². The highest BCUT2D eigenvalue weighted by atomic mass is 16.5. The van der Waals surface area contributed by atoms with E-state index in [1.54, 1.807) is 45.0 Å². The molecular weight excluding hydrogens is 410 g/mol. The van der Waals surface area contributed by atoms with Crippen LogP contribution in [0, 0.1) is 0 Å². The highest BCUT2D eigenvalue weighted by Crippen LogP contribution is 2.35. The Hall–Kier alpha value is -3.39. The van der Waals surface area contributed by atoms with Crippen LogP contribution in [0.2, 0.25) is 0 Å². The van der Waals surface area contributed by atoms with Crippen molar-refractivity contribution in [3.63, 3.8) is 0 Å². The van der Waals surface area contributed by atoms with Crippen LogP contribution in [-0.2, 0) is 14.3 Å². The van der Waals surface area contributed by atoms with E-state index in [2.05, 4.69) is 0 Å². The van der Waals surface area contributed by atoms with Crippen LogP contribution in [0.5, 0.6) is 5.75 Å². The lowest BCUT2D eigenvalue weighted by atomic mass is 10.1. The number of hydrogen-bond donors (Lipinski definition) is 0. The molecule has 0 aromatic heterocycles. The summed E-state index contributed by atoms with van der Waals surface area (Å²) in [5.74, 6) is 0.275. The third-order valence-electron chi connectivity index (χ3n) is 6.12. The van der Waals surface area contributed by atoms with E-state index >= 15 is 0 Å². The van der Waals surface area contributed by atoms with Crippen molar-refractivity contribution in [1.29, 1.82) is 0 Å². The van der Waals surface area contributed by atoms with Gasteiger partial charge in [0.2, 0.25) is 5.91 Å². The smallest absolute Gasteiger partial charge is 0.265 e. The highest BCUT2D eigenvalue weighted by molar-refractivity contribution is 6.08. The Kier molecular flexibility index (Phi) is 5.53. The van der Waals surface area contributed by atoms with Gasteiger partial charge in [0.1, 0.15) is 5.75 Å². The van der Waals surface area contributed by atoms with E-state index < -0.39 is 6.10 Å². The molecule has 3 heterocycles. The zero-order valence-corrected chi connectivity index (χ0v) is 17.7. The topological polar surface area (TPSA) is 79.4 Å². The number of morpholine rings is 1. The van der Waals surface area contributed by atoms with Gasteiger partial charge in [-0.15, -0.1) is 0 Å². The van der Waals surface area contributed by atoms with Crippen molar-refractivity contribution in [2.45, 2.75) is 18.9 Å². The summed E-state index contributed by atoms with van der Waals surface area (Å²) in [5.41, 5.74) is 1.93. The van der Waals surface area contributed by atoms with Crippen LogP contribution >= 0.6 is 0 Å². The Morgan fingerprint density at radius 1 is 0.938 bits per heavy atom. The third kappa shape index (κ3) is 3.82. The molecular formula is C24H25N3O5. The van der Waals surface area contributed by atoms with Crippen molar-refractivity contribution in [1.82, 2.24) is 4.90 Å². The van der Waals surface area contributed by atoms with Crippen LogP contribution in [-0.4, -0.2) is 68.1 Å². The normalized spacial score (nSPS) is 20.7. The predicted octanol–water partition coefficient (Wildman–Crippen LogP) is 2.08. The lowest BCUT2D eigenvalue weighted by molar-refractivity contribution is -0.142. The van der Waals surface area contributed by atoms with Crippen molar-refractivity contribution in [3.8, 4) is 5.75 Å². The zero-order chi connectivity index (χ0) is 22.1. The first-order valence-corrected chi connectivity index (χ1v) is 11.0. The van der Waals surface area contributed by atoms with Crippen molar-refractivity contribution < 1.29 is 23.9 Å².